The number of pyridine rings is 1. The van der Waals surface area contributed by atoms with E-state index in [9.17, 15) is 10.1 Å². The van der Waals surface area contributed by atoms with Crippen molar-refractivity contribution in [1.82, 2.24) is 4.98 Å². The van der Waals surface area contributed by atoms with E-state index in [2.05, 4.69) is 4.98 Å². The second-order valence-electron chi connectivity index (χ2n) is 3.74. The molecule has 0 spiro atoms. The molecule has 0 amide bonds. The zero-order valence-corrected chi connectivity index (χ0v) is 10.5. The lowest BCUT2D eigenvalue weighted by atomic mass is 10.2. The lowest BCUT2D eigenvalue weighted by Crippen LogP contribution is -2.00. The highest BCUT2D eigenvalue weighted by Crippen LogP contribution is 2.34. The number of rotatable bonds is 4. The average Bonchev–Trinajstić information content (AvgIpc) is 2.35. The maximum atomic E-state index is 11.0. The first-order valence-corrected chi connectivity index (χ1v) is 5.86. The summed E-state index contributed by atoms with van der Waals surface area (Å²) in [4.78, 5) is 14.6. The fraction of sp³-hybridized carbons (Fsp3) is 0.250. The molecular formula is C12H11ClN2O3. The number of benzene rings is 1. The van der Waals surface area contributed by atoms with Crippen LogP contribution in [0.1, 0.15) is 13.3 Å². The highest BCUT2D eigenvalue weighted by Gasteiger charge is 2.18. The molecule has 0 saturated heterocycles. The van der Waals surface area contributed by atoms with Crippen LogP contribution in [0, 0.1) is 10.1 Å². The van der Waals surface area contributed by atoms with Crippen LogP contribution in [-0.4, -0.2) is 16.5 Å². The average molecular weight is 267 g/mol. The van der Waals surface area contributed by atoms with E-state index in [1.54, 1.807) is 18.3 Å². The van der Waals surface area contributed by atoms with Crippen LogP contribution in [0.3, 0.4) is 0 Å². The molecule has 18 heavy (non-hydrogen) atoms. The van der Waals surface area contributed by atoms with Crippen molar-refractivity contribution in [2.24, 2.45) is 0 Å². The lowest BCUT2D eigenvalue weighted by Gasteiger charge is -2.07. The van der Waals surface area contributed by atoms with E-state index in [1.807, 2.05) is 6.92 Å². The summed E-state index contributed by atoms with van der Waals surface area (Å²) in [6, 6.07) is 4.55. The number of hydrogen-bond acceptors (Lipinski definition) is 4. The summed E-state index contributed by atoms with van der Waals surface area (Å²) in [6.45, 7) is 2.36. The molecule has 0 fully saturated rings. The molecule has 0 atom stereocenters. The second-order valence-corrected chi connectivity index (χ2v) is 4.14. The van der Waals surface area contributed by atoms with Gasteiger partial charge in [-0.1, -0.05) is 18.5 Å². The third-order valence-electron chi connectivity index (χ3n) is 2.43. The van der Waals surface area contributed by atoms with Crippen LogP contribution >= 0.6 is 11.6 Å². The van der Waals surface area contributed by atoms with Crippen molar-refractivity contribution in [3.8, 4) is 5.75 Å². The van der Waals surface area contributed by atoms with E-state index in [1.165, 1.54) is 6.07 Å². The molecule has 0 aliphatic carbocycles. The van der Waals surface area contributed by atoms with Crippen LogP contribution in [0.2, 0.25) is 5.02 Å². The Morgan fingerprint density at radius 1 is 1.50 bits per heavy atom. The van der Waals surface area contributed by atoms with Crippen molar-refractivity contribution in [1.29, 1.82) is 0 Å². The highest BCUT2D eigenvalue weighted by atomic mass is 35.5. The first-order chi connectivity index (χ1) is 8.63. The number of halogens is 1. The number of nitro groups is 1. The van der Waals surface area contributed by atoms with Crippen LogP contribution in [0.25, 0.3) is 10.9 Å². The molecule has 0 N–H and O–H groups in total. The molecule has 0 radical (unpaired) electrons. The predicted octanol–water partition coefficient (Wildman–Crippen LogP) is 3.59. The number of nitro benzene ring substituents is 1. The number of nitrogens with zero attached hydrogens (tertiary/aromatic N) is 2. The summed E-state index contributed by atoms with van der Waals surface area (Å²) in [5.74, 6) is 0.226. The normalized spacial score (nSPS) is 10.6. The van der Waals surface area contributed by atoms with Gasteiger partial charge in [0.15, 0.2) is 5.75 Å². The van der Waals surface area contributed by atoms with Crippen molar-refractivity contribution in [3.05, 3.63) is 39.5 Å². The minimum atomic E-state index is -0.478. The SMILES string of the molecule is CCCOc1cc2nccc(Cl)c2cc1[N+](=O)[O-]. The molecule has 0 aliphatic heterocycles. The number of hydrogen-bond donors (Lipinski definition) is 0. The first-order valence-electron chi connectivity index (χ1n) is 5.49. The summed E-state index contributed by atoms with van der Waals surface area (Å²) >= 11 is 5.99. The van der Waals surface area contributed by atoms with Gasteiger partial charge in [0.1, 0.15) is 0 Å². The van der Waals surface area contributed by atoms with Gasteiger partial charge in [0.05, 0.1) is 22.1 Å². The lowest BCUT2D eigenvalue weighted by molar-refractivity contribution is -0.385. The Labute approximate surface area is 108 Å². The van der Waals surface area contributed by atoms with Gasteiger partial charge in [-0.15, -0.1) is 0 Å². The highest BCUT2D eigenvalue weighted by molar-refractivity contribution is 6.35. The van der Waals surface area contributed by atoms with Gasteiger partial charge in [0.2, 0.25) is 0 Å². The van der Waals surface area contributed by atoms with E-state index < -0.39 is 4.92 Å². The van der Waals surface area contributed by atoms with Crippen molar-refractivity contribution in [2.75, 3.05) is 6.61 Å². The Morgan fingerprint density at radius 2 is 2.28 bits per heavy atom. The molecule has 0 aliphatic rings. The third kappa shape index (κ3) is 2.36. The van der Waals surface area contributed by atoms with Gasteiger partial charge >= 0.3 is 5.69 Å². The number of aromatic nitrogens is 1. The number of fused-ring (bicyclic) bond motifs is 1. The summed E-state index contributed by atoms with van der Waals surface area (Å²) in [5.41, 5.74) is 0.491. The molecule has 0 unspecified atom stereocenters. The Balaban J connectivity index is 2.61. The summed E-state index contributed by atoms with van der Waals surface area (Å²) in [7, 11) is 0. The monoisotopic (exact) mass is 266 g/mol. The van der Waals surface area contributed by atoms with Crippen molar-refractivity contribution in [3.63, 3.8) is 0 Å². The first kappa shape index (κ1) is 12.6. The molecule has 0 saturated carbocycles. The zero-order valence-electron chi connectivity index (χ0n) is 9.72. The summed E-state index contributed by atoms with van der Waals surface area (Å²) in [6.07, 6.45) is 2.33. The third-order valence-corrected chi connectivity index (χ3v) is 2.76. The zero-order chi connectivity index (χ0) is 13.1. The molecule has 1 aromatic carbocycles. The minimum absolute atomic E-state index is 0.0918. The van der Waals surface area contributed by atoms with Crippen molar-refractivity contribution < 1.29 is 9.66 Å². The van der Waals surface area contributed by atoms with E-state index in [0.717, 1.165) is 6.42 Å². The van der Waals surface area contributed by atoms with Gasteiger partial charge in [-0.05, 0) is 12.5 Å². The van der Waals surface area contributed by atoms with Gasteiger partial charge in [-0.3, -0.25) is 15.1 Å². The Hall–Kier alpha value is -1.88. The molecule has 6 heteroatoms. The van der Waals surface area contributed by atoms with Gasteiger partial charge in [0.25, 0.3) is 0 Å². The van der Waals surface area contributed by atoms with Crippen LogP contribution in [0.15, 0.2) is 24.4 Å². The van der Waals surface area contributed by atoms with Crippen LogP contribution < -0.4 is 4.74 Å². The Kier molecular flexibility index (Phi) is 3.62. The molecule has 1 aromatic heterocycles. The van der Waals surface area contributed by atoms with Gasteiger partial charge in [-0.2, -0.15) is 0 Å². The molecule has 5 nitrogen and oxygen atoms in total. The Morgan fingerprint density at radius 3 is 2.94 bits per heavy atom. The maximum absolute atomic E-state index is 11.0. The standard InChI is InChI=1S/C12H11ClN2O3/c1-2-5-18-12-7-10-8(6-11(12)15(16)17)9(13)3-4-14-10/h3-4,6-7H,2,5H2,1H3. The quantitative estimate of drug-likeness (QED) is 0.627. The summed E-state index contributed by atoms with van der Waals surface area (Å²) in [5, 5.41) is 12.0. The minimum Gasteiger partial charge on any atom is -0.487 e. The smallest absolute Gasteiger partial charge is 0.311 e. The van der Waals surface area contributed by atoms with Gasteiger partial charge < -0.3 is 4.74 Å². The second kappa shape index (κ2) is 5.18. The van der Waals surface area contributed by atoms with Gasteiger partial charge in [0, 0.05) is 23.7 Å². The van der Waals surface area contributed by atoms with Crippen molar-refractivity contribution >= 4 is 28.2 Å². The van der Waals surface area contributed by atoms with Gasteiger partial charge in [-0.25, -0.2) is 0 Å². The maximum Gasteiger partial charge on any atom is 0.311 e. The van der Waals surface area contributed by atoms with Crippen LogP contribution in [0.5, 0.6) is 5.75 Å². The largest absolute Gasteiger partial charge is 0.487 e. The molecular weight excluding hydrogens is 256 g/mol. The van der Waals surface area contributed by atoms with E-state index in [4.69, 9.17) is 16.3 Å². The molecule has 2 aromatic rings. The van der Waals surface area contributed by atoms with Crippen molar-refractivity contribution in [2.45, 2.75) is 13.3 Å². The molecule has 1 heterocycles. The number of ether oxygens (including phenoxy) is 1. The summed E-state index contributed by atoms with van der Waals surface area (Å²) < 4.78 is 5.37. The topological polar surface area (TPSA) is 65.3 Å². The fourth-order valence-electron chi connectivity index (χ4n) is 1.60. The molecule has 0 bridgehead atoms. The van der Waals surface area contributed by atoms with E-state index >= 15 is 0 Å². The van der Waals surface area contributed by atoms with E-state index in [-0.39, 0.29) is 11.4 Å². The Bertz CT molecular complexity index is 601. The predicted molar refractivity (Wildman–Crippen MR) is 69.2 cm³/mol. The van der Waals surface area contributed by atoms with Crippen LogP contribution in [0.4, 0.5) is 5.69 Å². The van der Waals surface area contributed by atoms with Crippen LogP contribution in [-0.2, 0) is 0 Å². The van der Waals surface area contributed by atoms with E-state index in [0.29, 0.717) is 22.5 Å². The molecule has 2 rings (SSSR count). The molecule has 94 valence electrons. The fourth-order valence-corrected chi connectivity index (χ4v) is 1.81.